The Labute approximate surface area is 137 Å². The molecule has 0 aromatic carbocycles. The summed E-state index contributed by atoms with van der Waals surface area (Å²) < 4.78 is 59.0. The smallest absolute Gasteiger partial charge is 0.313 e. The fourth-order valence-corrected chi connectivity index (χ4v) is 2.64. The van der Waals surface area contributed by atoms with Gasteiger partial charge in [0.15, 0.2) is 0 Å². The van der Waals surface area contributed by atoms with Crippen molar-refractivity contribution in [2.45, 2.75) is 39.5 Å². The van der Waals surface area contributed by atoms with Gasteiger partial charge in [-0.05, 0) is 26.7 Å². The van der Waals surface area contributed by atoms with E-state index in [1.165, 1.54) is 6.92 Å². The Morgan fingerprint density at radius 2 is 1.57 bits per heavy atom. The van der Waals surface area contributed by atoms with Crippen LogP contribution in [0, 0.1) is 11.8 Å². The minimum atomic E-state index is -3.91. The molecule has 0 aliphatic carbocycles. The van der Waals surface area contributed by atoms with E-state index in [1.807, 2.05) is 0 Å². The number of carbonyl (C=O) groups excluding carboxylic acids is 1. The summed E-state index contributed by atoms with van der Waals surface area (Å²) >= 11 is 0. The third-order valence-electron chi connectivity index (χ3n) is 2.48. The van der Waals surface area contributed by atoms with Crippen molar-refractivity contribution in [1.29, 1.82) is 0 Å². The van der Waals surface area contributed by atoms with Crippen LogP contribution in [0.25, 0.3) is 0 Å². The van der Waals surface area contributed by atoms with Gasteiger partial charge in [0.25, 0.3) is 20.2 Å². The van der Waals surface area contributed by atoms with Crippen LogP contribution in [0.15, 0.2) is 0 Å². The molecule has 1 unspecified atom stereocenters. The highest BCUT2D eigenvalue weighted by Gasteiger charge is 2.37. The molecule has 0 aliphatic rings. The molecule has 0 aromatic rings. The summed E-state index contributed by atoms with van der Waals surface area (Å²) in [6.45, 7) is 5.99. The summed E-state index contributed by atoms with van der Waals surface area (Å²) in [6.07, 6.45) is 0.115. The Bertz CT molecular complexity index is 605. The number of carbonyl (C=O) groups is 1. The number of esters is 1. The van der Waals surface area contributed by atoms with Crippen LogP contribution in [0.2, 0.25) is 0 Å². The standard InChI is InChI=1S/C12H25NO8S2/c1-8(7-19-22(5,15)16)9(10(13)21-23(6,17)18)11(14)20-12(2,3)4/h8-10H,7,13H2,1-6H3/t8-,9-,10?/m0/s1. The minimum absolute atomic E-state index is 0.371. The van der Waals surface area contributed by atoms with Gasteiger partial charge in [0, 0.05) is 0 Å². The molecule has 3 atom stereocenters. The topological polar surface area (TPSA) is 139 Å². The zero-order chi connectivity index (χ0) is 18.6. The van der Waals surface area contributed by atoms with E-state index in [0.717, 1.165) is 12.5 Å². The van der Waals surface area contributed by atoms with Crippen LogP contribution in [-0.2, 0) is 38.1 Å². The van der Waals surface area contributed by atoms with Crippen LogP contribution < -0.4 is 5.73 Å². The zero-order valence-electron chi connectivity index (χ0n) is 14.1. The van der Waals surface area contributed by atoms with Gasteiger partial charge < -0.3 is 10.5 Å². The molecule has 0 heterocycles. The molecule has 0 spiro atoms. The molecular formula is C12H25NO8S2. The summed E-state index contributed by atoms with van der Waals surface area (Å²) in [5, 5.41) is 0. The number of ether oxygens (including phenoxy) is 1. The second kappa shape index (κ2) is 7.88. The van der Waals surface area contributed by atoms with E-state index in [4.69, 9.17) is 10.5 Å². The van der Waals surface area contributed by atoms with Gasteiger partial charge in [-0.25, -0.2) is 0 Å². The summed E-state index contributed by atoms with van der Waals surface area (Å²) in [4.78, 5) is 12.3. The fourth-order valence-electron chi connectivity index (χ4n) is 1.66. The lowest BCUT2D eigenvalue weighted by atomic mass is 9.93. The van der Waals surface area contributed by atoms with E-state index in [-0.39, 0.29) is 6.61 Å². The maximum Gasteiger partial charge on any atom is 0.313 e. The molecule has 0 saturated carbocycles. The molecule has 11 heteroatoms. The first-order valence-electron chi connectivity index (χ1n) is 6.73. The van der Waals surface area contributed by atoms with Gasteiger partial charge in [-0.15, -0.1) is 0 Å². The van der Waals surface area contributed by atoms with Crippen molar-refractivity contribution in [3.05, 3.63) is 0 Å². The van der Waals surface area contributed by atoms with Crippen molar-refractivity contribution >= 4 is 26.2 Å². The maximum atomic E-state index is 12.3. The lowest BCUT2D eigenvalue weighted by Gasteiger charge is -2.29. The lowest BCUT2D eigenvalue weighted by Crippen LogP contribution is -2.46. The first-order chi connectivity index (χ1) is 10.0. The molecule has 138 valence electrons. The second-order valence-electron chi connectivity index (χ2n) is 6.29. The molecule has 9 nitrogen and oxygen atoms in total. The summed E-state index contributed by atoms with van der Waals surface area (Å²) in [5.74, 6) is -2.81. The largest absolute Gasteiger partial charge is 0.460 e. The van der Waals surface area contributed by atoms with Crippen molar-refractivity contribution in [1.82, 2.24) is 0 Å². The molecule has 23 heavy (non-hydrogen) atoms. The van der Waals surface area contributed by atoms with Crippen LogP contribution in [-0.4, -0.2) is 53.8 Å². The quantitative estimate of drug-likeness (QED) is 0.347. The highest BCUT2D eigenvalue weighted by molar-refractivity contribution is 7.86. The molecule has 0 saturated heterocycles. The van der Waals surface area contributed by atoms with E-state index in [2.05, 4.69) is 8.37 Å². The summed E-state index contributed by atoms with van der Waals surface area (Å²) in [5.41, 5.74) is 4.82. The Morgan fingerprint density at radius 3 is 1.91 bits per heavy atom. The second-order valence-corrected chi connectivity index (χ2v) is 9.53. The molecule has 0 fully saturated rings. The monoisotopic (exact) mass is 375 g/mol. The van der Waals surface area contributed by atoms with Crippen LogP contribution in [0.3, 0.4) is 0 Å². The first kappa shape index (κ1) is 22.2. The number of hydrogen-bond acceptors (Lipinski definition) is 9. The Kier molecular flexibility index (Phi) is 7.62. The van der Waals surface area contributed by atoms with Crippen molar-refractivity contribution in [2.24, 2.45) is 17.6 Å². The van der Waals surface area contributed by atoms with Gasteiger partial charge in [-0.3, -0.25) is 13.2 Å². The summed E-state index contributed by atoms with van der Waals surface area (Å²) in [7, 11) is -7.64. The van der Waals surface area contributed by atoms with Gasteiger partial charge in [0.2, 0.25) is 0 Å². The van der Waals surface area contributed by atoms with Crippen LogP contribution in [0.5, 0.6) is 0 Å². The Morgan fingerprint density at radius 1 is 1.09 bits per heavy atom. The molecule has 0 amide bonds. The third-order valence-corrected chi connectivity index (χ3v) is 3.61. The third kappa shape index (κ3) is 10.6. The van der Waals surface area contributed by atoms with E-state index < -0.39 is 49.9 Å². The predicted octanol–water partition coefficient (Wildman–Crippen LogP) is -0.182. The van der Waals surface area contributed by atoms with Gasteiger partial charge in [0.1, 0.15) is 17.7 Å². The van der Waals surface area contributed by atoms with E-state index >= 15 is 0 Å². The average molecular weight is 375 g/mol. The van der Waals surface area contributed by atoms with E-state index in [0.29, 0.717) is 0 Å². The van der Waals surface area contributed by atoms with E-state index in [1.54, 1.807) is 20.8 Å². The molecule has 2 N–H and O–H groups in total. The first-order valence-corrected chi connectivity index (χ1v) is 10.4. The number of nitrogens with two attached hydrogens (primary N) is 1. The van der Waals surface area contributed by atoms with Crippen molar-refractivity contribution < 1.29 is 34.7 Å². The molecule has 0 radical (unpaired) electrons. The predicted molar refractivity (Wildman–Crippen MR) is 83.2 cm³/mol. The SMILES string of the molecule is C[C@@H](COS(C)(=O)=O)[C@H](C(=O)OC(C)(C)C)C(N)OS(C)(=O)=O. The average Bonchev–Trinajstić information content (AvgIpc) is 2.20. The molecule has 0 rings (SSSR count). The van der Waals surface area contributed by atoms with Crippen LogP contribution in [0.4, 0.5) is 0 Å². The van der Waals surface area contributed by atoms with Crippen LogP contribution >= 0.6 is 0 Å². The molecular weight excluding hydrogens is 350 g/mol. The van der Waals surface area contributed by atoms with Crippen LogP contribution in [0.1, 0.15) is 27.7 Å². The number of hydrogen-bond donors (Lipinski definition) is 1. The van der Waals surface area contributed by atoms with E-state index in [9.17, 15) is 21.6 Å². The lowest BCUT2D eigenvalue weighted by molar-refractivity contribution is -0.166. The van der Waals surface area contributed by atoms with Gasteiger partial charge >= 0.3 is 5.97 Å². The molecule has 0 aliphatic heterocycles. The number of rotatable bonds is 8. The van der Waals surface area contributed by atoms with Gasteiger partial charge in [-0.2, -0.15) is 16.8 Å². The zero-order valence-corrected chi connectivity index (χ0v) is 15.7. The Balaban J connectivity index is 5.31. The summed E-state index contributed by atoms with van der Waals surface area (Å²) in [6, 6.07) is 0. The van der Waals surface area contributed by atoms with Gasteiger partial charge in [0.05, 0.1) is 19.1 Å². The van der Waals surface area contributed by atoms with Crippen molar-refractivity contribution in [3.8, 4) is 0 Å². The molecule has 0 aromatic heterocycles. The highest BCUT2D eigenvalue weighted by atomic mass is 32.2. The van der Waals surface area contributed by atoms with Gasteiger partial charge in [-0.1, -0.05) is 6.92 Å². The van der Waals surface area contributed by atoms with Crippen molar-refractivity contribution in [2.75, 3.05) is 19.1 Å². The highest BCUT2D eigenvalue weighted by Crippen LogP contribution is 2.22. The normalized spacial score (nSPS) is 17.3. The minimum Gasteiger partial charge on any atom is -0.460 e. The maximum absolute atomic E-state index is 12.3. The Hall–Kier alpha value is -0.750. The fraction of sp³-hybridized carbons (Fsp3) is 0.917. The van der Waals surface area contributed by atoms with Crippen molar-refractivity contribution in [3.63, 3.8) is 0 Å². The molecule has 0 bridgehead atoms.